The van der Waals surface area contributed by atoms with Crippen molar-refractivity contribution in [1.29, 1.82) is 0 Å². The molecule has 0 aliphatic heterocycles. The van der Waals surface area contributed by atoms with Crippen LogP contribution in [0.25, 0.3) is 0 Å². The summed E-state index contributed by atoms with van der Waals surface area (Å²) in [7, 11) is 0. The second-order valence-corrected chi connectivity index (χ2v) is 8.08. The molecule has 144 valence electrons. The number of hydrogen-bond donors (Lipinski definition) is 1. The summed E-state index contributed by atoms with van der Waals surface area (Å²) in [4.78, 5) is 23.3. The second kappa shape index (κ2) is 15.0. The Hall–Kier alpha value is -1.29. The van der Waals surface area contributed by atoms with Crippen molar-refractivity contribution in [3.05, 3.63) is 35.9 Å². The van der Waals surface area contributed by atoms with Crippen LogP contribution in [0.15, 0.2) is 30.3 Å². The fourth-order valence-corrected chi connectivity index (χ4v) is 2.80. The summed E-state index contributed by atoms with van der Waals surface area (Å²) in [5.74, 6) is 0.578. The van der Waals surface area contributed by atoms with Gasteiger partial charge in [-0.25, -0.2) is 0 Å². The van der Waals surface area contributed by atoms with Crippen LogP contribution in [0.2, 0.25) is 0 Å². The molecule has 1 N–H and O–H groups in total. The number of ketones is 1. The fraction of sp³-hybridized carbons (Fsp3) is 0.619. The first kappa shape index (κ1) is 25.9. The molecule has 4 heteroatoms. The third-order valence-electron chi connectivity index (χ3n) is 2.92. The van der Waals surface area contributed by atoms with Crippen LogP contribution in [0.3, 0.4) is 0 Å². The van der Waals surface area contributed by atoms with Crippen LogP contribution in [0.1, 0.15) is 61.0 Å². The Bertz CT molecular complexity index is 467. The zero-order valence-electron chi connectivity index (χ0n) is 17.3. The molecule has 1 aromatic carbocycles. The number of rotatable bonds is 7. The van der Waals surface area contributed by atoms with Gasteiger partial charge in [-0.15, -0.1) is 0 Å². The summed E-state index contributed by atoms with van der Waals surface area (Å²) in [5, 5.41) is 2.74. The minimum Gasteiger partial charge on any atom is -0.349 e. The van der Waals surface area contributed by atoms with Crippen molar-refractivity contribution in [2.45, 2.75) is 66.6 Å². The predicted molar refractivity (Wildman–Crippen MR) is 112 cm³/mol. The molecule has 0 aliphatic rings. The zero-order chi connectivity index (χ0) is 19.9. The number of nitrogens with one attached hydrogen (secondary N) is 1. The smallest absolute Gasteiger partial charge is 0.224 e. The van der Waals surface area contributed by atoms with Crippen molar-refractivity contribution in [3.63, 3.8) is 0 Å². The summed E-state index contributed by atoms with van der Waals surface area (Å²) in [6.45, 7) is 16.0. The van der Waals surface area contributed by atoms with Gasteiger partial charge in [-0.2, -0.15) is 11.8 Å². The van der Waals surface area contributed by atoms with Crippen LogP contribution in [0, 0.1) is 5.92 Å². The largest absolute Gasteiger partial charge is 0.349 e. The molecule has 1 rings (SSSR count). The molecule has 0 spiro atoms. The molecule has 0 saturated carbocycles. The molecule has 1 unspecified atom stereocenters. The zero-order valence-corrected chi connectivity index (χ0v) is 18.1. The van der Waals surface area contributed by atoms with Crippen LogP contribution in [-0.4, -0.2) is 28.7 Å². The molecule has 1 amide bonds. The van der Waals surface area contributed by atoms with E-state index in [2.05, 4.69) is 26.1 Å². The lowest BCUT2D eigenvalue weighted by Crippen LogP contribution is -2.36. The number of Topliss-reactive ketones (excluding diaryl/α,β-unsaturated/α-hetero) is 1. The average Bonchev–Trinajstić information content (AvgIpc) is 2.60. The summed E-state index contributed by atoms with van der Waals surface area (Å²) >= 11 is 1.78. The highest BCUT2D eigenvalue weighted by atomic mass is 32.2. The molecular formula is C21H37NO2S. The van der Waals surface area contributed by atoms with Gasteiger partial charge in [0, 0.05) is 10.5 Å². The molecule has 3 nitrogen and oxygen atoms in total. The number of carbonyl (C=O) groups excluding carboxylic acids is 2. The minimum atomic E-state index is -0.115. The number of carbonyl (C=O) groups is 2. The Morgan fingerprint density at radius 1 is 1.04 bits per heavy atom. The van der Waals surface area contributed by atoms with Crippen molar-refractivity contribution in [2.24, 2.45) is 5.92 Å². The molecule has 0 saturated heterocycles. The predicted octanol–water partition coefficient (Wildman–Crippen LogP) is 5.13. The lowest BCUT2D eigenvalue weighted by atomic mass is 10.0. The van der Waals surface area contributed by atoms with Crippen LogP contribution >= 0.6 is 11.8 Å². The van der Waals surface area contributed by atoms with Gasteiger partial charge in [0.2, 0.25) is 5.91 Å². The van der Waals surface area contributed by atoms with Gasteiger partial charge in [0.1, 0.15) is 5.78 Å². The maximum atomic E-state index is 12.3. The quantitative estimate of drug-likeness (QED) is 0.726. The van der Waals surface area contributed by atoms with E-state index in [1.807, 2.05) is 58.0 Å². The van der Waals surface area contributed by atoms with Crippen LogP contribution in [0.5, 0.6) is 0 Å². The number of thioether (sulfide) groups is 1. The SMILES string of the molecule is CC.CC.CC(=O)CNC(=O)C(CSC(C)(C)C)Cc1ccccc1. The summed E-state index contributed by atoms with van der Waals surface area (Å²) < 4.78 is 0.121. The molecule has 0 aromatic heterocycles. The van der Waals surface area contributed by atoms with E-state index in [9.17, 15) is 9.59 Å². The molecule has 25 heavy (non-hydrogen) atoms. The Labute approximate surface area is 159 Å². The topological polar surface area (TPSA) is 46.2 Å². The van der Waals surface area contributed by atoms with Crippen molar-refractivity contribution in [3.8, 4) is 0 Å². The van der Waals surface area contributed by atoms with Gasteiger partial charge >= 0.3 is 0 Å². The standard InChI is InChI=1S/C17H25NO2S.2C2H6/c1-13(19)11-18-16(20)15(12-21-17(2,3)4)10-14-8-6-5-7-9-14;2*1-2/h5-9,15H,10-12H2,1-4H3,(H,18,20);2*1-2H3. The molecule has 0 aliphatic carbocycles. The van der Waals surface area contributed by atoms with Gasteiger partial charge in [0.25, 0.3) is 0 Å². The number of benzene rings is 1. The highest BCUT2D eigenvalue weighted by Gasteiger charge is 2.22. The van der Waals surface area contributed by atoms with Gasteiger partial charge in [-0.1, -0.05) is 78.8 Å². The first-order valence-corrected chi connectivity index (χ1v) is 10.2. The molecule has 1 aromatic rings. The highest BCUT2D eigenvalue weighted by Crippen LogP contribution is 2.26. The van der Waals surface area contributed by atoms with Crippen molar-refractivity contribution in [2.75, 3.05) is 12.3 Å². The maximum Gasteiger partial charge on any atom is 0.224 e. The lowest BCUT2D eigenvalue weighted by molar-refractivity contribution is -0.126. The Morgan fingerprint density at radius 3 is 2.00 bits per heavy atom. The van der Waals surface area contributed by atoms with E-state index in [1.165, 1.54) is 6.92 Å². The minimum absolute atomic E-state index is 0.0229. The molecule has 0 radical (unpaired) electrons. The average molecular weight is 368 g/mol. The second-order valence-electron chi connectivity index (χ2n) is 6.23. The van der Waals surface area contributed by atoms with E-state index in [1.54, 1.807) is 11.8 Å². The maximum absolute atomic E-state index is 12.3. The van der Waals surface area contributed by atoms with E-state index in [4.69, 9.17) is 0 Å². The Morgan fingerprint density at radius 2 is 1.56 bits per heavy atom. The lowest BCUT2D eigenvalue weighted by Gasteiger charge is -2.22. The molecule has 0 fully saturated rings. The fourth-order valence-electron chi connectivity index (χ4n) is 1.83. The van der Waals surface area contributed by atoms with Crippen LogP contribution in [0.4, 0.5) is 0 Å². The van der Waals surface area contributed by atoms with Gasteiger partial charge < -0.3 is 5.32 Å². The van der Waals surface area contributed by atoms with Gasteiger partial charge in [-0.05, 0) is 18.9 Å². The van der Waals surface area contributed by atoms with E-state index >= 15 is 0 Å². The molecule has 0 bridgehead atoms. The normalized spacial score (nSPS) is 11.2. The molecular weight excluding hydrogens is 330 g/mol. The van der Waals surface area contributed by atoms with E-state index < -0.39 is 0 Å². The Kier molecular flexibility index (Phi) is 15.6. The highest BCUT2D eigenvalue weighted by molar-refractivity contribution is 8.00. The number of amides is 1. The van der Waals surface area contributed by atoms with E-state index in [0.717, 1.165) is 11.3 Å². The molecule has 0 heterocycles. The first-order valence-electron chi connectivity index (χ1n) is 9.23. The van der Waals surface area contributed by atoms with Gasteiger partial charge in [0.05, 0.1) is 12.5 Å². The first-order chi connectivity index (χ1) is 11.8. The number of hydrogen-bond acceptors (Lipinski definition) is 3. The summed E-state index contributed by atoms with van der Waals surface area (Å²) in [6.07, 6.45) is 0.702. The monoisotopic (exact) mass is 367 g/mol. The summed E-state index contributed by atoms with van der Waals surface area (Å²) in [5.41, 5.74) is 1.15. The van der Waals surface area contributed by atoms with Crippen molar-refractivity contribution < 1.29 is 9.59 Å². The van der Waals surface area contributed by atoms with E-state index in [0.29, 0.717) is 6.42 Å². The Balaban J connectivity index is 0. The summed E-state index contributed by atoms with van der Waals surface area (Å²) in [6, 6.07) is 10.0. The van der Waals surface area contributed by atoms with E-state index in [-0.39, 0.29) is 28.9 Å². The third kappa shape index (κ3) is 14.7. The van der Waals surface area contributed by atoms with Crippen LogP contribution < -0.4 is 5.32 Å². The third-order valence-corrected chi connectivity index (χ3v) is 4.36. The van der Waals surface area contributed by atoms with Gasteiger partial charge in [0.15, 0.2) is 0 Å². The van der Waals surface area contributed by atoms with Crippen molar-refractivity contribution in [1.82, 2.24) is 5.32 Å². The molecule has 1 atom stereocenters. The van der Waals surface area contributed by atoms with Gasteiger partial charge in [-0.3, -0.25) is 9.59 Å². The van der Waals surface area contributed by atoms with Crippen LogP contribution in [-0.2, 0) is 16.0 Å². The van der Waals surface area contributed by atoms with Crippen molar-refractivity contribution >= 4 is 23.5 Å².